The summed E-state index contributed by atoms with van der Waals surface area (Å²) in [5.41, 5.74) is 18.9. The Hall–Kier alpha value is -7.94. The molecular weight excluding hydrogens is 737 g/mol. The molecule has 0 heterocycles. The van der Waals surface area contributed by atoms with Gasteiger partial charge in [0, 0.05) is 33.7 Å². The summed E-state index contributed by atoms with van der Waals surface area (Å²) < 4.78 is 0. The smallest absolute Gasteiger partial charge is 0.0727 e. The van der Waals surface area contributed by atoms with Gasteiger partial charge in [0.1, 0.15) is 0 Å². The fourth-order valence-corrected chi connectivity index (χ4v) is 10.3. The molecule has 0 saturated carbocycles. The number of hydrogen-bond acceptors (Lipinski definition) is 2. The van der Waals surface area contributed by atoms with Gasteiger partial charge in [0.2, 0.25) is 0 Å². The van der Waals surface area contributed by atoms with Gasteiger partial charge in [-0.2, -0.15) is 0 Å². The van der Waals surface area contributed by atoms with Crippen molar-refractivity contribution in [2.24, 2.45) is 0 Å². The summed E-state index contributed by atoms with van der Waals surface area (Å²) in [5.74, 6) is 0. The lowest BCUT2D eigenvalue weighted by atomic mass is 9.70. The van der Waals surface area contributed by atoms with Crippen molar-refractivity contribution >= 4 is 44.9 Å². The van der Waals surface area contributed by atoms with Crippen LogP contribution in [0, 0.1) is 0 Å². The molecule has 2 nitrogen and oxygen atoms in total. The largest absolute Gasteiger partial charge is 0.310 e. The molecule has 0 amide bonds. The standard InChI is InChI=1S/C59H40N2/c1-4-19-41(20-5-1)47-28-14-17-33-57(47)61(58-34-18-22-42-21-10-11-27-48(42)58)46-36-38-52-50-30-13-16-32-54(50)59(56(52)40-46)53-31-15-12-29-49(53)51-37-35-45(39-55(51)59)60(43-23-6-2-7-24-43)44-25-8-3-9-26-44/h1-40H. The van der Waals surface area contributed by atoms with Crippen molar-refractivity contribution < 1.29 is 0 Å². The molecule has 10 aromatic rings. The number of fused-ring (bicyclic) bond motifs is 11. The van der Waals surface area contributed by atoms with Crippen LogP contribution in [0.15, 0.2) is 243 Å². The number of anilines is 6. The van der Waals surface area contributed by atoms with E-state index in [4.69, 9.17) is 0 Å². The third-order valence-electron chi connectivity index (χ3n) is 12.8. The zero-order valence-corrected chi connectivity index (χ0v) is 33.5. The van der Waals surface area contributed by atoms with Crippen LogP contribution < -0.4 is 9.80 Å². The predicted octanol–water partition coefficient (Wildman–Crippen LogP) is 15.8. The summed E-state index contributed by atoms with van der Waals surface area (Å²) in [5, 5.41) is 2.41. The van der Waals surface area contributed by atoms with Crippen molar-refractivity contribution in [1.29, 1.82) is 0 Å². The Morgan fingerprint density at radius 1 is 0.262 bits per heavy atom. The predicted molar refractivity (Wildman–Crippen MR) is 255 cm³/mol. The van der Waals surface area contributed by atoms with Crippen molar-refractivity contribution in [1.82, 2.24) is 0 Å². The molecule has 0 aromatic heterocycles. The van der Waals surface area contributed by atoms with Gasteiger partial charge in [0.15, 0.2) is 0 Å². The zero-order chi connectivity index (χ0) is 40.3. The van der Waals surface area contributed by atoms with Gasteiger partial charge in [0.05, 0.1) is 16.8 Å². The first-order valence-corrected chi connectivity index (χ1v) is 21.1. The van der Waals surface area contributed by atoms with Crippen molar-refractivity contribution in [2.45, 2.75) is 5.41 Å². The van der Waals surface area contributed by atoms with Crippen LogP contribution in [0.2, 0.25) is 0 Å². The Bertz CT molecular complexity index is 3210. The molecule has 12 rings (SSSR count). The summed E-state index contributed by atoms with van der Waals surface area (Å²) in [7, 11) is 0. The Kier molecular flexibility index (Phi) is 8.11. The fraction of sp³-hybridized carbons (Fsp3) is 0.0169. The average molecular weight is 777 g/mol. The molecule has 0 radical (unpaired) electrons. The van der Waals surface area contributed by atoms with E-state index in [2.05, 4.69) is 252 Å². The molecule has 0 N–H and O–H groups in total. The molecule has 286 valence electrons. The van der Waals surface area contributed by atoms with E-state index in [0.29, 0.717) is 0 Å². The van der Waals surface area contributed by atoms with E-state index in [0.717, 1.165) is 34.1 Å². The molecule has 0 saturated heterocycles. The average Bonchev–Trinajstić information content (AvgIpc) is 3.80. The monoisotopic (exact) mass is 776 g/mol. The highest BCUT2D eigenvalue weighted by molar-refractivity contribution is 6.03. The van der Waals surface area contributed by atoms with Gasteiger partial charge < -0.3 is 9.80 Å². The van der Waals surface area contributed by atoms with Crippen LogP contribution in [0.5, 0.6) is 0 Å². The van der Waals surface area contributed by atoms with E-state index in [-0.39, 0.29) is 0 Å². The lowest BCUT2D eigenvalue weighted by molar-refractivity contribution is 0.793. The molecule has 2 heteroatoms. The van der Waals surface area contributed by atoms with Gasteiger partial charge in [-0.25, -0.2) is 0 Å². The second-order valence-electron chi connectivity index (χ2n) is 16.0. The highest BCUT2D eigenvalue weighted by Crippen LogP contribution is 2.64. The summed E-state index contributed by atoms with van der Waals surface area (Å²) >= 11 is 0. The Morgan fingerprint density at radius 3 is 1.33 bits per heavy atom. The molecule has 1 atom stereocenters. The maximum atomic E-state index is 2.50. The quantitative estimate of drug-likeness (QED) is 0.159. The summed E-state index contributed by atoms with van der Waals surface area (Å²) in [6.45, 7) is 0. The molecule has 2 aliphatic carbocycles. The molecule has 0 fully saturated rings. The number of nitrogens with zero attached hydrogens (tertiary/aromatic N) is 2. The van der Waals surface area contributed by atoms with Crippen molar-refractivity contribution in [3.8, 4) is 33.4 Å². The Balaban J connectivity index is 1.15. The summed E-state index contributed by atoms with van der Waals surface area (Å²) in [6.07, 6.45) is 0. The van der Waals surface area contributed by atoms with Crippen LogP contribution in [0.1, 0.15) is 22.3 Å². The minimum atomic E-state index is -0.563. The Labute approximate surface area is 356 Å². The van der Waals surface area contributed by atoms with E-state index in [1.165, 1.54) is 66.4 Å². The SMILES string of the molecule is c1ccc(-c2ccccc2N(c2ccc3c(c2)C2(c4ccccc4-c4ccc(N(c5ccccc5)c5ccccc5)cc42)c2ccccc2-3)c2cccc3ccccc23)cc1. The third kappa shape index (κ3) is 5.36. The van der Waals surface area contributed by atoms with Crippen LogP contribution in [0.25, 0.3) is 44.2 Å². The minimum absolute atomic E-state index is 0.563. The van der Waals surface area contributed by atoms with Crippen molar-refractivity contribution in [3.05, 3.63) is 265 Å². The molecule has 2 aliphatic rings. The first-order valence-electron chi connectivity index (χ1n) is 21.1. The normalized spacial score (nSPS) is 14.3. The van der Waals surface area contributed by atoms with E-state index < -0.39 is 5.41 Å². The van der Waals surface area contributed by atoms with Crippen molar-refractivity contribution in [2.75, 3.05) is 9.80 Å². The molecule has 61 heavy (non-hydrogen) atoms. The second kappa shape index (κ2) is 14.1. The van der Waals surface area contributed by atoms with Crippen LogP contribution in [-0.2, 0) is 5.41 Å². The number of rotatable bonds is 7. The third-order valence-corrected chi connectivity index (χ3v) is 12.8. The molecule has 0 bridgehead atoms. The van der Waals surface area contributed by atoms with Crippen LogP contribution in [-0.4, -0.2) is 0 Å². The molecule has 1 unspecified atom stereocenters. The van der Waals surface area contributed by atoms with Crippen LogP contribution in [0.3, 0.4) is 0 Å². The number of hydrogen-bond donors (Lipinski definition) is 0. The maximum absolute atomic E-state index is 2.50. The molecule has 10 aromatic carbocycles. The lowest BCUT2D eigenvalue weighted by Crippen LogP contribution is -2.26. The Morgan fingerprint density at radius 2 is 0.705 bits per heavy atom. The van der Waals surface area contributed by atoms with Gasteiger partial charge in [-0.1, -0.05) is 182 Å². The molecule has 1 spiro atoms. The topological polar surface area (TPSA) is 6.48 Å². The second-order valence-corrected chi connectivity index (χ2v) is 16.0. The van der Waals surface area contributed by atoms with Crippen molar-refractivity contribution in [3.63, 3.8) is 0 Å². The summed E-state index contributed by atoms with van der Waals surface area (Å²) in [6, 6.07) is 89.1. The van der Waals surface area contributed by atoms with Gasteiger partial charge in [-0.05, 0) is 116 Å². The minimum Gasteiger partial charge on any atom is -0.310 e. The molecule has 0 aliphatic heterocycles. The van der Waals surface area contributed by atoms with E-state index in [9.17, 15) is 0 Å². The fourth-order valence-electron chi connectivity index (χ4n) is 10.3. The highest BCUT2D eigenvalue weighted by atomic mass is 15.2. The van der Waals surface area contributed by atoms with E-state index in [1.807, 2.05) is 0 Å². The highest BCUT2D eigenvalue weighted by Gasteiger charge is 2.52. The van der Waals surface area contributed by atoms with Gasteiger partial charge in [-0.3, -0.25) is 0 Å². The first kappa shape index (κ1) is 35.0. The van der Waals surface area contributed by atoms with E-state index >= 15 is 0 Å². The zero-order valence-electron chi connectivity index (χ0n) is 33.5. The van der Waals surface area contributed by atoms with E-state index in [1.54, 1.807) is 0 Å². The maximum Gasteiger partial charge on any atom is 0.0727 e. The van der Waals surface area contributed by atoms with Gasteiger partial charge >= 0.3 is 0 Å². The number of benzene rings is 10. The lowest BCUT2D eigenvalue weighted by Gasteiger charge is -2.34. The van der Waals surface area contributed by atoms with Gasteiger partial charge in [0.25, 0.3) is 0 Å². The molecular formula is C59H40N2. The first-order chi connectivity index (χ1) is 30.3. The van der Waals surface area contributed by atoms with Gasteiger partial charge in [-0.15, -0.1) is 0 Å². The number of para-hydroxylation sites is 3. The van der Waals surface area contributed by atoms with Crippen LogP contribution >= 0.6 is 0 Å². The summed E-state index contributed by atoms with van der Waals surface area (Å²) in [4.78, 5) is 4.88. The van der Waals surface area contributed by atoms with Crippen LogP contribution in [0.4, 0.5) is 34.1 Å².